The molecule has 0 unspecified atom stereocenters. The number of aromatic nitrogens is 1. The summed E-state index contributed by atoms with van der Waals surface area (Å²) in [6.07, 6.45) is 1.14. The van der Waals surface area contributed by atoms with Gasteiger partial charge in [-0.05, 0) is 38.0 Å². The van der Waals surface area contributed by atoms with E-state index >= 15 is 0 Å². The highest BCUT2D eigenvalue weighted by Gasteiger charge is 2.14. The van der Waals surface area contributed by atoms with E-state index < -0.39 is 0 Å². The van der Waals surface area contributed by atoms with Gasteiger partial charge < -0.3 is 5.32 Å². The average Bonchev–Trinajstić information content (AvgIpc) is 2.97. The molecule has 3 rings (SSSR count). The van der Waals surface area contributed by atoms with E-state index in [1.165, 1.54) is 5.56 Å². The van der Waals surface area contributed by atoms with Gasteiger partial charge in [-0.15, -0.1) is 11.3 Å². The molecule has 2 aromatic carbocycles. The zero-order chi connectivity index (χ0) is 18.5. The molecule has 26 heavy (non-hydrogen) atoms. The summed E-state index contributed by atoms with van der Waals surface area (Å²) >= 11 is 7.47. The van der Waals surface area contributed by atoms with Crippen LogP contribution in [0.1, 0.15) is 21.0 Å². The molecule has 5 heteroatoms. The molecule has 3 nitrogen and oxygen atoms in total. The summed E-state index contributed by atoms with van der Waals surface area (Å²) in [6.45, 7) is 4.65. The lowest BCUT2D eigenvalue weighted by atomic mass is 10.1. The van der Waals surface area contributed by atoms with Gasteiger partial charge in [0.05, 0.1) is 17.1 Å². The average molecular weight is 385 g/mol. The second kappa shape index (κ2) is 8.47. The van der Waals surface area contributed by atoms with Crippen LogP contribution in [-0.2, 0) is 17.6 Å². The third kappa shape index (κ3) is 4.93. The molecule has 0 radical (unpaired) electrons. The van der Waals surface area contributed by atoms with Crippen LogP contribution in [0.15, 0.2) is 48.5 Å². The van der Waals surface area contributed by atoms with Crippen molar-refractivity contribution in [3.8, 4) is 11.3 Å². The summed E-state index contributed by atoms with van der Waals surface area (Å²) in [7, 11) is 0. The second-order valence-corrected chi connectivity index (χ2v) is 8.00. The number of nitrogens with one attached hydrogen (secondary N) is 1. The minimum Gasteiger partial charge on any atom is -0.355 e. The van der Waals surface area contributed by atoms with Crippen molar-refractivity contribution in [1.82, 2.24) is 10.3 Å². The van der Waals surface area contributed by atoms with Gasteiger partial charge in [0.2, 0.25) is 5.91 Å². The lowest BCUT2D eigenvalue weighted by Gasteiger charge is -2.06. The normalized spacial score (nSPS) is 10.7. The van der Waals surface area contributed by atoms with Crippen molar-refractivity contribution in [1.29, 1.82) is 0 Å². The van der Waals surface area contributed by atoms with Gasteiger partial charge in [-0.3, -0.25) is 4.79 Å². The van der Waals surface area contributed by atoms with Gasteiger partial charge in [0.15, 0.2) is 0 Å². The molecule has 0 saturated heterocycles. The van der Waals surface area contributed by atoms with Gasteiger partial charge in [-0.2, -0.15) is 0 Å². The fraction of sp³-hybridized carbons (Fsp3) is 0.238. The Morgan fingerprint density at radius 2 is 1.77 bits per heavy atom. The predicted molar refractivity (Wildman–Crippen MR) is 109 cm³/mol. The summed E-state index contributed by atoms with van der Waals surface area (Å²) < 4.78 is 0. The Balaban J connectivity index is 1.60. The minimum atomic E-state index is 0.0241. The van der Waals surface area contributed by atoms with Crippen LogP contribution in [0.2, 0.25) is 5.02 Å². The molecule has 0 aliphatic rings. The lowest BCUT2D eigenvalue weighted by Crippen LogP contribution is -2.27. The highest BCUT2D eigenvalue weighted by Crippen LogP contribution is 2.28. The molecule has 0 atom stereocenters. The fourth-order valence-corrected chi connectivity index (χ4v) is 3.81. The van der Waals surface area contributed by atoms with Gasteiger partial charge in [-0.1, -0.05) is 53.6 Å². The fourth-order valence-electron chi connectivity index (χ4n) is 2.73. The Bertz CT molecular complexity index is 885. The summed E-state index contributed by atoms with van der Waals surface area (Å²) in [5.74, 6) is 0.0241. The number of halogens is 1. The molecule has 1 amide bonds. The maximum atomic E-state index is 12.4. The van der Waals surface area contributed by atoms with Crippen molar-refractivity contribution in [3.05, 3.63) is 74.6 Å². The van der Waals surface area contributed by atoms with Crippen molar-refractivity contribution in [2.24, 2.45) is 0 Å². The number of hydrogen-bond donors (Lipinski definition) is 1. The first-order chi connectivity index (χ1) is 12.5. The van der Waals surface area contributed by atoms with Crippen LogP contribution in [0.25, 0.3) is 11.3 Å². The zero-order valence-electron chi connectivity index (χ0n) is 14.9. The van der Waals surface area contributed by atoms with Crippen LogP contribution in [0.4, 0.5) is 0 Å². The third-order valence-corrected chi connectivity index (χ3v) is 5.32. The lowest BCUT2D eigenvalue weighted by molar-refractivity contribution is -0.120. The van der Waals surface area contributed by atoms with E-state index in [0.29, 0.717) is 13.0 Å². The molecule has 1 heterocycles. The van der Waals surface area contributed by atoms with E-state index in [9.17, 15) is 4.79 Å². The van der Waals surface area contributed by atoms with Crippen molar-refractivity contribution >= 4 is 28.8 Å². The summed E-state index contributed by atoms with van der Waals surface area (Å²) in [6, 6.07) is 16.0. The van der Waals surface area contributed by atoms with Gasteiger partial charge in [-0.25, -0.2) is 4.98 Å². The second-order valence-electron chi connectivity index (χ2n) is 6.27. The van der Waals surface area contributed by atoms with E-state index in [0.717, 1.165) is 38.1 Å². The number of carbonyl (C=O) groups is 1. The number of rotatable bonds is 6. The van der Waals surface area contributed by atoms with E-state index in [1.807, 2.05) is 31.2 Å². The summed E-state index contributed by atoms with van der Waals surface area (Å²) in [5, 5.41) is 4.70. The quantitative estimate of drug-likeness (QED) is 0.651. The Morgan fingerprint density at radius 3 is 2.46 bits per heavy atom. The maximum absolute atomic E-state index is 12.4. The maximum Gasteiger partial charge on any atom is 0.225 e. The molecule has 0 saturated carbocycles. The van der Waals surface area contributed by atoms with Gasteiger partial charge in [0.1, 0.15) is 0 Å². The molecule has 1 aromatic heterocycles. The van der Waals surface area contributed by atoms with E-state index in [2.05, 4.69) is 41.5 Å². The van der Waals surface area contributed by atoms with E-state index in [4.69, 9.17) is 11.6 Å². The molecule has 0 aliphatic carbocycles. The number of nitrogens with zero attached hydrogens (tertiary/aromatic N) is 1. The number of thiazole rings is 1. The largest absolute Gasteiger partial charge is 0.355 e. The molecule has 0 bridgehead atoms. The minimum absolute atomic E-state index is 0.0241. The van der Waals surface area contributed by atoms with Crippen LogP contribution < -0.4 is 5.32 Å². The Kier molecular flexibility index (Phi) is 6.07. The van der Waals surface area contributed by atoms with Crippen molar-refractivity contribution in [2.75, 3.05) is 6.54 Å². The van der Waals surface area contributed by atoms with Crippen LogP contribution in [0.3, 0.4) is 0 Å². The van der Waals surface area contributed by atoms with Gasteiger partial charge in [0, 0.05) is 22.0 Å². The Morgan fingerprint density at radius 1 is 1.08 bits per heavy atom. The van der Waals surface area contributed by atoms with Crippen molar-refractivity contribution in [2.45, 2.75) is 26.7 Å². The Labute approximate surface area is 163 Å². The van der Waals surface area contributed by atoms with E-state index in [-0.39, 0.29) is 5.91 Å². The smallest absolute Gasteiger partial charge is 0.225 e. The molecule has 3 aromatic rings. The molecular weight excluding hydrogens is 364 g/mol. The molecule has 1 N–H and O–H groups in total. The standard InChI is InChI=1S/C21H21ClN2OS/c1-14-3-7-17(8-4-14)21-19(26-15(2)24-21)13-20(25)23-12-11-16-5-9-18(22)10-6-16/h3-10H,11-13H2,1-2H3,(H,23,25). The van der Waals surface area contributed by atoms with Crippen molar-refractivity contribution < 1.29 is 4.79 Å². The highest BCUT2D eigenvalue weighted by molar-refractivity contribution is 7.12. The van der Waals surface area contributed by atoms with Gasteiger partial charge >= 0.3 is 0 Å². The van der Waals surface area contributed by atoms with Crippen LogP contribution >= 0.6 is 22.9 Å². The molecule has 0 aliphatic heterocycles. The number of amides is 1. The van der Waals surface area contributed by atoms with Crippen LogP contribution in [0, 0.1) is 13.8 Å². The predicted octanol–water partition coefficient (Wildman–Crippen LogP) is 4.98. The van der Waals surface area contributed by atoms with Crippen LogP contribution in [0.5, 0.6) is 0 Å². The first kappa shape index (κ1) is 18.6. The van der Waals surface area contributed by atoms with E-state index in [1.54, 1.807) is 11.3 Å². The molecule has 134 valence electrons. The number of hydrogen-bond acceptors (Lipinski definition) is 3. The number of carbonyl (C=O) groups excluding carboxylic acids is 1. The number of aryl methyl sites for hydroxylation is 2. The molecular formula is C21H21ClN2OS. The monoisotopic (exact) mass is 384 g/mol. The van der Waals surface area contributed by atoms with Gasteiger partial charge in [0.25, 0.3) is 0 Å². The highest BCUT2D eigenvalue weighted by atomic mass is 35.5. The van der Waals surface area contributed by atoms with Crippen LogP contribution in [-0.4, -0.2) is 17.4 Å². The summed E-state index contributed by atoms with van der Waals surface area (Å²) in [5.41, 5.74) is 4.34. The molecule has 0 spiro atoms. The third-order valence-electron chi connectivity index (χ3n) is 4.10. The van der Waals surface area contributed by atoms with Crippen molar-refractivity contribution in [3.63, 3.8) is 0 Å². The topological polar surface area (TPSA) is 42.0 Å². The summed E-state index contributed by atoms with van der Waals surface area (Å²) in [4.78, 5) is 18.0. The first-order valence-corrected chi connectivity index (χ1v) is 9.75. The Hall–Kier alpha value is -2.17. The SMILES string of the molecule is Cc1ccc(-c2nc(C)sc2CC(=O)NCCc2ccc(Cl)cc2)cc1. The number of benzene rings is 2. The zero-order valence-corrected chi connectivity index (χ0v) is 16.5. The first-order valence-electron chi connectivity index (χ1n) is 8.56. The molecule has 0 fully saturated rings.